The smallest absolute Gasteiger partial charge is 0.272 e. The van der Waals surface area contributed by atoms with Crippen LogP contribution in [0.2, 0.25) is 0 Å². The molecule has 1 aromatic heterocycles. The molecule has 0 N–H and O–H groups in total. The highest BCUT2D eigenvalue weighted by Crippen LogP contribution is 2.27. The molecule has 4 rings (SSSR count). The van der Waals surface area contributed by atoms with Gasteiger partial charge in [0.1, 0.15) is 29.5 Å². The number of rotatable bonds is 10. The van der Waals surface area contributed by atoms with E-state index in [-0.39, 0.29) is 43.8 Å². The zero-order chi connectivity index (χ0) is 26.3. The number of halogens is 1. The van der Waals surface area contributed by atoms with E-state index in [1.165, 1.54) is 24.3 Å². The van der Waals surface area contributed by atoms with Crippen molar-refractivity contribution in [2.45, 2.75) is 38.5 Å². The molecule has 196 valence electrons. The molecule has 0 saturated carbocycles. The molecule has 9 heteroatoms. The van der Waals surface area contributed by atoms with Crippen LogP contribution in [0.1, 0.15) is 35.8 Å². The molecule has 1 saturated heterocycles. The quantitative estimate of drug-likeness (QED) is 0.417. The Bertz CT molecular complexity index is 1180. The van der Waals surface area contributed by atoms with Gasteiger partial charge in [0.15, 0.2) is 0 Å². The average molecular weight is 509 g/mol. The molecule has 1 fully saturated rings. The Morgan fingerprint density at radius 1 is 1.14 bits per heavy atom. The zero-order valence-corrected chi connectivity index (χ0v) is 21.3. The van der Waals surface area contributed by atoms with Gasteiger partial charge in [0.2, 0.25) is 5.91 Å². The van der Waals surface area contributed by atoms with Gasteiger partial charge in [-0.05, 0) is 42.3 Å². The molecule has 0 aliphatic carbocycles. The fraction of sp³-hybridized carbons (Fsp3) is 0.393. The number of hydrogen-bond donors (Lipinski definition) is 0. The van der Waals surface area contributed by atoms with Gasteiger partial charge in [-0.2, -0.15) is 5.10 Å². The van der Waals surface area contributed by atoms with Crippen LogP contribution in [-0.4, -0.2) is 70.3 Å². The number of amides is 2. The van der Waals surface area contributed by atoms with E-state index in [0.29, 0.717) is 31.1 Å². The summed E-state index contributed by atoms with van der Waals surface area (Å²) in [5.74, 6) is -0.199. The minimum Gasteiger partial charge on any atom is -0.490 e. The van der Waals surface area contributed by atoms with Gasteiger partial charge in [0, 0.05) is 32.9 Å². The summed E-state index contributed by atoms with van der Waals surface area (Å²) in [6, 6.07) is 17.1. The molecule has 0 bridgehead atoms. The van der Waals surface area contributed by atoms with E-state index in [1.807, 2.05) is 37.3 Å². The van der Waals surface area contributed by atoms with Crippen LogP contribution in [0, 0.1) is 5.82 Å². The minimum atomic E-state index is -1.07. The van der Waals surface area contributed by atoms with Gasteiger partial charge in [-0.1, -0.05) is 37.3 Å². The van der Waals surface area contributed by atoms with E-state index >= 15 is 0 Å². The first-order valence-corrected chi connectivity index (χ1v) is 12.5. The lowest BCUT2D eigenvalue weighted by atomic mass is 9.96. The molecule has 3 aromatic rings. The van der Waals surface area contributed by atoms with Crippen molar-refractivity contribution < 1.29 is 23.5 Å². The van der Waals surface area contributed by atoms with Crippen LogP contribution in [0.4, 0.5) is 4.39 Å². The van der Waals surface area contributed by atoms with E-state index in [0.717, 1.165) is 12.0 Å². The van der Waals surface area contributed by atoms with Gasteiger partial charge < -0.3 is 19.3 Å². The molecule has 1 atom stereocenters. The summed E-state index contributed by atoms with van der Waals surface area (Å²) >= 11 is 0. The van der Waals surface area contributed by atoms with Crippen molar-refractivity contribution in [1.29, 1.82) is 0 Å². The number of carbonyl (C=O) groups is 2. The van der Waals surface area contributed by atoms with Crippen LogP contribution in [-0.2, 0) is 22.6 Å². The van der Waals surface area contributed by atoms with Crippen LogP contribution in [0.3, 0.4) is 0 Å². The first kappa shape index (κ1) is 26.3. The minimum absolute atomic E-state index is 0.0233. The number of benzene rings is 2. The lowest BCUT2D eigenvalue weighted by molar-refractivity contribution is -0.152. The normalized spacial score (nSPS) is 17.4. The Labute approximate surface area is 216 Å². The number of nitrogens with zero attached hydrogens (tertiary/aromatic N) is 4. The maximum absolute atomic E-state index is 13.4. The number of hydrogen-bond acceptors (Lipinski definition) is 5. The molecule has 0 radical (unpaired) electrons. The largest absolute Gasteiger partial charge is 0.490 e. The molecular formula is C28H33FN4O4. The second kappa shape index (κ2) is 12.0. The Balaban J connectivity index is 1.53. The fourth-order valence-corrected chi connectivity index (χ4v) is 4.43. The van der Waals surface area contributed by atoms with Gasteiger partial charge in [-0.3, -0.25) is 14.3 Å². The SMILES string of the molecule is CCCn1nccc1C(=O)N1CCO[C@@](COc2ccc(F)cc2)(CC(=O)N(C)Cc2ccccc2)C1. The summed E-state index contributed by atoms with van der Waals surface area (Å²) in [5, 5.41) is 4.27. The average Bonchev–Trinajstić information content (AvgIpc) is 3.37. The molecule has 2 aromatic carbocycles. The van der Waals surface area contributed by atoms with E-state index in [1.54, 1.807) is 33.8 Å². The highest BCUT2D eigenvalue weighted by atomic mass is 19.1. The predicted octanol–water partition coefficient (Wildman–Crippen LogP) is 3.77. The third kappa shape index (κ3) is 6.74. The van der Waals surface area contributed by atoms with E-state index in [9.17, 15) is 14.0 Å². The van der Waals surface area contributed by atoms with Crippen LogP contribution in [0.25, 0.3) is 0 Å². The van der Waals surface area contributed by atoms with E-state index in [4.69, 9.17) is 9.47 Å². The van der Waals surface area contributed by atoms with Crippen LogP contribution in [0.15, 0.2) is 66.9 Å². The summed E-state index contributed by atoms with van der Waals surface area (Å²) in [6.45, 7) is 3.98. The summed E-state index contributed by atoms with van der Waals surface area (Å²) in [6.07, 6.45) is 2.49. The molecule has 2 heterocycles. The summed E-state index contributed by atoms with van der Waals surface area (Å²) < 4.78 is 27.2. The topological polar surface area (TPSA) is 76.9 Å². The second-order valence-electron chi connectivity index (χ2n) is 9.35. The first-order chi connectivity index (χ1) is 17.9. The molecular weight excluding hydrogens is 475 g/mol. The van der Waals surface area contributed by atoms with Crippen LogP contribution >= 0.6 is 0 Å². The van der Waals surface area contributed by atoms with Gasteiger partial charge in [-0.25, -0.2) is 4.39 Å². The van der Waals surface area contributed by atoms with Crippen LogP contribution < -0.4 is 4.74 Å². The van der Waals surface area contributed by atoms with Crippen molar-refractivity contribution in [2.24, 2.45) is 0 Å². The zero-order valence-electron chi connectivity index (χ0n) is 21.3. The maximum atomic E-state index is 13.4. The highest BCUT2D eigenvalue weighted by molar-refractivity contribution is 5.92. The van der Waals surface area contributed by atoms with Gasteiger partial charge in [-0.15, -0.1) is 0 Å². The van der Waals surface area contributed by atoms with E-state index in [2.05, 4.69) is 5.10 Å². The number of aromatic nitrogens is 2. The third-order valence-electron chi connectivity index (χ3n) is 6.38. The second-order valence-corrected chi connectivity index (χ2v) is 9.35. The van der Waals surface area contributed by atoms with Gasteiger partial charge in [0.25, 0.3) is 5.91 Å². The fourth-order valence-electron chi connectivity index (χ4n) is 4.43. The Morgan fingerprint density at radius 2 is 1.89 bits per heavy atom. The van der Waals surface area contributed by atoms with Crippen molar-refractivity contribution >= 4 is 11.8 Å². The Hall–Kier alpha value is -3.72. The summed E-state index contributed by atoms with van der Waals surface area (Å²) in [5.41, 5.74) is 0.449. The molecule has 1 aliphatic rings. The molecule has 37 heavy (non-hydrogen) atoms. The monoisotopic (exact) mass is 508 g/mol. The Kier molecular flexibility index (Phi) is 8.55. The molecule has 1 aliphatic heterocycles. The predicted molar refractivity (Wildman–Crippen MR) is 137 cm³/mol. The lowest BCUT2D eigenvalue weighted by Gasteiger charge is -2.42. The van der Waals surface area contributed by atoms with Crippen LogP contribution in [0.5, 0.6) is 5.75 Å². The number of carbonyl (C=O) groups excluding carboxylic acids is 2. The summed E-state index contributed by atoms with van der Waals surface area (Å²) in [4.78, 5) is 30.1. The van der Waals surface area contributed by atoms with Crippen molar-refractivity contribution in [3.8, 4) is 5.75 Å². The molecule has 8 nitrogen and oxygen atoms in total. The third-order valence-corrected chi connectivity index (χ3v) is 6.38. The molecule has 0 unspecified atom stereocenters. The first-order valence-electron chi connectivity index (χ1n) is 12.5. The molecule has 0 spiro atoms. The summed E-state index contributed by atoms with van der Waals surface area (Å²) in [7, 11) is 1.75. The maximum Gasteiger partial charge on any atom is 0.272 e. The lowest BCUT2D eigenvalue weighted by Crippen LogP contribution is -2.58. The van der Waals surface area contributed by atoms with Gasteiger partial charge in [0.05, 0.1) is 19.6 Å². The Morgan fingerprint density at radius 3 is 2.62 bits per heavy atom. The van der Waals surface area contributed by atoms with Crippen molar-refractivity contribution in [3.05, 3.63) is 83.9 Å². The number of morpholine rings is 1. The standard InChI is InChI=1S/C28H33FN4O4/c1-3-15-33-25(13-14-30-33)27(35)32-16-17-37-28(20-32,21-36-24-11-9-23(29)10-12-24)18-26(34)31(2)19-22-7-5-4-6-8-22/h4-14H,3,15-21H2,1-2H3/t28-/m0/s1. The van der Waals surface area contributed by atoms with Crippen molar-refractivity contribution in [1.82, 2.24) is 19.6 Å². The number of ether oxygens (including phenoxy) is 2. The van der Waals surface area contributed by atoms with Crippen molar-refractivity contribution in [2.75, 3.05) is 33.4 Å². The number of aryl methyl sites for hydroxylation is 1. The van der Waals surface area contributed by atoms with Gasteiger partial charge >= 0.3 is 0 Å². The highest BCUT2D eigenvalue weighted by Gasteiger charge is 2.42. The van der Waals surface area contributed by atoms with Crippen molar-refractivity contribution in [3.63, 3.8) is 0 Å². The van der Waals surface area contributed by atoms with E-state index < -0.39 is 5.60 Å². The molecule has 2 amide bonds.